The van der Waals surface area contributed by atoms with Gasteiger partial charge in [-0.05, 0) is 116 Å². The molecule has 0 amide bonds. The zero-order valence-electron chi connectivity index (χ0n) is 28.7. The smallest absolute Gasteiger partial charge is 0.339 e. The molecule has 4 aliphatic carbocycles. The molecule has 9 heteroatoms. The Labute approximate surface area is 298 Å². The first kappa shape index (κ1) is 34.6. The fourth-order valence-electron chi connectivity index (χ4n) is 11.4. The minimum absolute atomic E-state index is 0.0525. The average Bonchev–Trinajstić information content (AvgIpc) is 3.22. The molecule has 8 nitrogen and oxygen atoms in total. The van der Waals surface area contributed by atoms with Crippen molar-refractivity contribution in [1.82, 2.24) is 4.90 Å². The number of Topliss-reactive ketones (excluding diaryl/α,β-unsaturated/α-hetero) is 1. The number of methoxy groups -OCH3 is 2. The van der Waals surface area contributed by atoms with Gasteiger partial charge in [0.05, 0.1) is 17.8 Å². The number of aliphatic hydroxyl groups is 2. The Hall–Kier alpha value is -1.89. The minimum Gasteiger partial charge on any atom is -0.454 e. The molecular weight excluding hydrogens is 721 g/mol. The molecule has 2 aromatic rings. The van der Waals surface area contributed by atoms with Gasteiger partial charge in [0.1, 0.15) is 16.8 Å². The summed E-state index contributed by atoms with van der Waals surface area (Å²) in [7, 11) is 3.42. The van der Waals surface area contributed by atoms with Crippen LogP contribution in [-0.4, -0.2) is 89.2 Å². The average molecular weight is 772 g/mol. The van der Waals surface area contributed by atoms with Crippen LogP contribution in [0.5, 0.6) is 0 Å². The van der Waals surface area contributed by atoms with Crippen LogP contribution in [0, 0.1) is 39.1 Å². The molecular formula is C39H50INO7. The van der Waals surface area contributed by atoms with Gasteiger partial charge >= 0.3 is 5.97 Å². The van der Waals surface area contributed by atoms with Crippen molar-refractivity contribution in [2.24, 2.45) is 35.5 Å². The highest BCUT2D eigenvalue weighted by Crippen LogP contribution is 2.68. The van der Waals surface area contributed by atoms with E-state index < -0.39 is 28.9 Å². The maximum absolute atomic E-state index is 14.5. The van der Waals surface area contributed by atoms with Crippen LogP contribution in [0.15, 0.2) is 48.5 Å². The number of hydrogen-bond acceptors (Lipinski definition) is 8. The van der Waals surface area contributed by atoms with Gasteiger partial charge in [0, 0.05) is 54.2 Å². The quantitative estimate of drug-likeness (QED) is 0.205. The Kier molecular flexibility index (Phi) is 9.15. The summed E-state index contributed by atoms with van der Waals surface area (Å²) >= 11 is 2.22. The highest BCUT2D eigenvalue weighted by Gasteiger charge is 2.77. The van der Waals surface area contributed by atoms with Gasteiger partial charge in [-0.15, -0.1) is 0 Å². The van der Waals surface area contributed by atoms with Crippen molar-refractivity contribution in [2.75, 3.05) is 27.3 Å². The number of nitrogens with zero attached hydrogens (tertiary/aromatic N) is 1. The standard InChI is InChI=1S/C39H50INO7/c1-6-41-21-37(48-36(43)27-10-8-7-9-25(27)17-32(42)24-11-13-26(40)14-12-24)16-15-33(46-4)34-30(37)19-29(23(41)3)38(44)20-22(2)28-18-31(34)39(38,45)35(28)47-5/h7-14,22-23,28-31,33-35,44-45H,6,15-21H2,1-5H3/t22?,23-,28+,29-,30?,31?,33-,34?,35-,37+,38-,39-/m0/s1. The predicted octanol–water partition coefficient (Wildman–Crippen LogP) is 5.55. The van der Waals surface area contributed by atoms with Gasteiger partial charge in [-0.2, -0.15) is 0 Å². The number of likely N-dealkylation sites (tertiary alicyclic amines) is 1. The molecule has 0 aromatic heterocycles. The summed E-state index contributed by atoms with van der Waals surface area (Å²) in [6, 6.07) is 14.7. The first-order valence-corrected chi connectivity index (χ1v) is 18.8. The van der Waals surface area contributed by atoms with E-state index >= 15 is 0 Å². The monoisotopic (exact) mass is 771 g/mol. The van der Waals surface area contributed by atoms with E-state index in [2.05, 4.69) is 48.3 Å². The van der Waals surface area contributed by atoms with E-state index in [-0.39, 0.29) is 59.9 Å². The van der Waals surface area contributed by atoms with Crippen LogP contribution in [0.2, 0.25) is 0 Å². The first-order valence-electron chi connectivity index (χ1n) is 17.8. The van der Waals surface area contributed by atoms with Gasteiger partial charge < -0.3 is 24.4 Å². The van der Waals surface area contributed by atoms with Gasteiger partial charge in [0.2, 0.25) is 0 Å². The van der Waals surface area contributed by atoms with Crippen molar-refractivity contribution in [3.63, 3.8) is 0 Å². The van der Waals surface area contributed by atoms with Crippen molar-refractivity contribution >= 4 is 34.3 Å². The number of esters is 1. The van der Waals surface area contributed by atoms with Crippen LogP contribution in [0.4, 0.5) is 0 Å². The Bertz CT molecular complexity index is 1550. The molecule has 7 rings (SSSR count). The van der Waals surface area contributed by atoms with Crippen molar-refractivity contribution in [1.29, 1.82) is 0 Å². The topological polar surface area (TPSA) is 106 Å². The van der Waals surface area contributed by atoms with Crippen molar-refractivity contribution in [2.45, 2.75) is 94.3 Å². The Balaban J connectivity index is 1.30. The van der Waals surface area contributed by atoms with Gasteiger partial charge in [-0.25, -0.2) is 4.79 Å². The van der Waals surface area contributed by atoms with E-state index in [0.717, 1.165) is 9.99 Å². The lowest BCUT2D eigenvalue weighted by atomic mass is 9.58. The number of benzene rings is 2. The third kappa shape index (κ3) is 5.07. The number of rotatable bonds is 8. The lowest BCUT2D eigenvalue weighted by Gasteiger charge is -2.58. The van der Waals surface area contributed by atoms with Gasteiger partial charge in [-0.1, -0.05) is 44.2 Å². The summed E-state index contributed by atoms with van der Waals surface area (Å²) in [6.07, 6.45) is 2.64. The second-order valence-electron chi connectivity index (χ2n) is 15.5. The SMILES string of the molecule is CCN1C[C@]2(OC(=O)c3ccccc3CC(=O)c3ccc(I)cc3)CC[C@H](OC)C3C2C[C@@H]([C@@H]1C)[C@@]1(O)CC(C)[C@H]2CC3[C@]1(O)[C@H]2OC. The molecule has 2 N–H and O–H groups in total. The third-order valence-corrected chi connectivity index (χ3v) is 14.3. The Morgan fingerprint density at radius 2 is 1.71 bits per heavy atom. The molecule has 4 bridgehead atoms. The zero-order chi connectivity index (χ0) is 34.2. The highest BCUT2D eigenvalue weighted by atomic mass is 127. The van der Waals surface area contributed by atoms with Crippen LogP contribution in [-0.2, 0) is 20.6 Å². The Morgan fingerprint density at radius 3 is 2.40 bits per heavy atom. The predicted molar refractivity (Wildman–Crippen MR) is 190 cm³/mol. The number of likely N-dealkylation sites (N-methyl/N-ethyl adjacent to an activating group) is 1. The lowest BCUT2D eigenvalue weighted by molar-refractivity contribution is -0.275. The molecule has 0 radical (unpaired) electrons. The zero-order valence-corrected chi connectivity index (χ0v) is 30.9. The molecule has 260 valence electrons. The Morgan fingerprint density at radius 1 is 0.979 bits per heavy atom. The van der Waals surface area contributed by atoms with Gasteiger partial charge in [-0.3, -0.25) is 9.69 Å². The summed E-state index contributed by atoms with van der Waals surface area (Å²) < 4.78 is 20.3. The number of carbonyl (C=O) groups excluding carboxylic acids is 2. The maximum Gasteiger partial charge on any atom is 0.339 e. The van der Waals surface area contributed by atoms with Crippen LogP contribution in [0.1, 0.15) is 79.2 Å². The number of ketones is 1. The van der Waals surface area contributed by atoms with Crippen molar-refractivity contribution in [3.8, 4) is 0 Å². The van der Waals surface area contributed by atoms with Crippen molar-refractivity contribution in [3.05, 3.63) is 68.8 Å². The summed E-state index contributed by atoms with van der Waals surface area (Å²) in [5.74, 6) is -0.951. The lowest BCUT2D eigenvalue weighted by Crippen LogP contribution is -2.72. The molecule has 4 unspecified atom stereocenters. The highest BCUT2D eigenvalue weighted by molar-refractivity contribution is 14.1. The summed E-state index contributed by atoms with van der Waals surface area (Å²) in [5, 5.41) is 26.1. The molecule has 2 aromatic carbocycles. The molecule has 4 saturated carbocycles. The van der Waals surface area contributed by atoms with Crippen LogP contribution >= 0.6 is 22.6 Å². The largest absolute Gasteiger partial charge is 0.454 e. The number of halogens is 1. The second-order valence-corrected chi connectivity index (χ2v) is 16.7. The fraction of sp³-hybridized carbons (Fsp3) is 0.641. The molecule has 5 aliphatic rings. The molecule has 1 aliphatic heterocycles. The number of hydrogen-bond donors (Lipinski definition) is 2. The first-order chi connectivity index (χ1) is 22.9. The van der Waals surface area contributed by atoms with Crippen LogP contribution in [0.3, 0.4) is 0 Å². The summed E-state index contributed by atoms with van der Waals surface area (Å²) in [4.78, 5) is 30.2. The molecule has 1 heterocycles. The van der Waals surface area contributed by atoms with E-state index in [1.807, 2.05) is 42.5 Å². The number of fused-ring (bicyclic) bond motifs is 4. The van der Waals surface area contributed by atoms with E-state index in [1.54, 1.807) is 20.3 Å². The maximum atomic E-state index is 14.5. The van der Waals surface area contributed by atoms with E-state index in [0.29, 0.717) is 55.5 Å². The summed E-state index contributed by atoms with van der Waals surface area (Å²) in [6.45, 7) is 7.75. The van der Waals surface area contributed by atoms with E-state index in [9.17, 15) is 19.8 Å². The van der Waals surface area contributed by atoms with Gasteiger partial charge in [0.25, 0.3) is 0 Å². The fourth-order valence-corrected chi connectivity index (χ4v) is 11.8. The number of carbonyl (C=O) groups is 2. The summed E-state index contributed by atoms with van der Waals surface area (Å²) in [5.41, 5.74) is -2.01. The molecule has 1 saturated heterocycles. The molecule has 12 atom stereocenters. The normalized spacial score (nSPS) is 41.7. The van der Waals surface area contributed by atoms with Crippen molar-refractivity contribution < 1.29 is 34.0 Å². The number of ether oxygens (including phenoxy) is 3. The second kappa shape index (κ2) is 12.7. The van der Waals surface area contributed by atoms with Crippen LogP contribution in [0.25, 0.3) is 0 Å². The molecule has 48 heavy (non-hydrogen) atoms. The molecule has 0 spiro atoms. The van der Waals surface area contributed by atoms with E-state index in [4.69, 9.17) is 14.2 Å². The van der Waals surface area contributed by atoms with Gasteiger partial charge in [0.15, 0.2) is 5.78 Å². The third-order valence-electron chi connectivity index (χ3n) is 13.6. The van der Waals surface area contributed by atoms with Crippen LogP contribution < -0.4 is 0 Å². The minimum atomic E-state index is -1.44. The molecule has 5 fully saturated rings. The van der Waals surface area contributed by atoms with E-state index in [1.165, 1.54) is 0 Å².